The zero-order chi connectivity index (χ0) is 24.9. The molecule has 0 bridgehead atoms. The highest BCUT2D eigenvalue weighted by Crippen LogP contribution is 2.30. The van der Waals surface area contributed by atoms with E-state index in [1.165, 1.54) is 6.08 Å². The Morgan fingerprint density at radius 1 is 1.34 bits per heavy atom. The maximum Gasteiger partial charge on any atom is 0.388 e. The monoisotopic (exact) mass is 479 g/mol. The average molecular weight is 479 g/mol. The van der Waals surface area contributed by atoms with Crippen molar-refractivity contribution in [2.45, 2.75) is 13.5 Å². The Morgan fingerprint density at radius 2 is 2.17 bits per heavy atom. The summed E-state index contributed by atoms with van der Waals surface area (Å²) in [5.74, 6) is 2.35. The van der Waals surface area contributed by atoms with Gasteiger partial charge in [-0.1, -0.05) is 6.08 Å². The zero-order valence-electron chi connectivity index (χ0n) is 19.1. The zero-order valence-corrected chi connectivity index (χ0v) is 19.1. The Labute approximate surface area is 200 Å². The van der Waals surface area contributed by atoms with Crippen molar-refractivity contribution >= 4 is 23.4 Å². The number of halogens is 2. The Kier molecular flexibility index (Phi) is 6.93. The van der Waals surface area contributed by atoms with Gasteiger partial charge in [0.1, 0.15) is 5.70 Å². The molecule has 2 aliphatic heterocycles. The molecule has 8 nitrogen and oxygen atoms in total. The molecule has 0 atom stereocenters. The number of ether oxygens (including phenoxy) is 2. The fourth-order valence-electron chi connectivity index (χ4n) is 3.83. The van der Waals surface area contributed by atoms with Gasteiger partial charge in [-0.25, -0.2) is 9.78 Å². The van der Waals surface area contributed by atoms with E-state index in [-0.39, 0.29) is 18.1 Å². The molecule has 0 saturated carbocycles. The highest BCUT2D eigenvalue weighted by molar-refractivity contribution is 6.09. The first kappa shape index (κ1) is 23.7. The Bertz CT molecular complexity index is 1380. The highest BCUT2D eigenvalue weighted by atomic mass is 19.3. The summed E-state index contributed by atoms with van der Waals surface area (Å²) in [6.45, 7) is -0.577. The minimum atomic E-state index is -2.96. The van der Waals surface area contributed by atoms with E-state index in [4.69, 9.17) is 10.1 Å². The number of pyridine rings is 1. The molecule has 35 heavy (non-hydrogen) atoms. The van der Waals surface area contributed by atoms with E-state index in [1.54, 1.807) is 54.7 Å². The lowest BCUT2D eigenvalue weighted by Gasteiger charge is -2.30. The number of aromatic nitrogens is 1. The van der Waals surface area contributed by atoms with Crippen LogP contribution in [-0.4, -0.2) is 48.3 Å². The smallest absolute Gasteiger partial charge is 0.388 e. The van der Waals surface area contributed by atoms with Crippen molar-refractivity contribution in [1.29, 1.82) is 5.41 Å². The van der Waals surface area contributed by atoms with Gasteiger partial charge in [-0.15, -0.1) is 0 Å². The van der Waals surface area contributed by atoms with E-state index in [0.717, 1.165) is 5.22 Å². The lowest BCUT2D eigenvalue weighted by atomic mass is 9.95. The molecule has 0 aromatic carbocycles. The minimum Gasteiger partial charge on any atom is -0.478 e. The maximum atomic E-state index is 12.6. The second-order valence-corrected chi connectivity index (χ2v) is 7.50. The number of hydrogen-bond acceptors (Lipinski definition) is 8. The molecule has 3 aliphatic rings. The molecule has 0 radical (unpaired) electrons. The van der Waals surface area contributed by atoms with Crippen LogP contribution in [0.4, 0.5) is 8.78 Å². The predicted octanol–water partition coefficient (Wildman–Crippen LogP) is 1.59. The van der Waals surface area contributed by atoms with Crippen LogP contribution in [0.15, 0.2) is 77.1 Å². The SMILES string of the molecule is CCOc1ccc2c(n1)=C(C1=CC=C(OC(F)F)NC1)C(=C=O)N(C1=C/C(=C/NC)C(=N)C=C1)C=2. The molecule has 1 aliphatic carbocycles. The van der Waals surface area contributed by atoms with Crippen LogP contribution in [0.1, 0.15) is 6.92 Å². The second kappa shape index (κ2) is 10.2. The molecule has 0 amide bonds. The van der Waals surface area contributed by atoms with Crippen LogP contribution in [-0.2, 0) is 9.53 Å². The highest BCUT2D eigenvalue weighted by Gasteiger charge is 2.27. The molecule has 1 aromatic heterocycles. The van der Waals surface area contributed by atoms with Gasteiger partial charge in [-0.3, -0.25) is 0 Å². The first-order valence-electron chi connectivity index (χ1n) is 10.8. The van der Waals surface area contributed by atoms with Crippen molar-refractivity contribution < 1.29 is 23.0 Å². The molecule has 0 unspecified atom stereocenters. The standard InChI is InChI=1S/C25H23F2N5O3/c1-3-34-22-9-5-16-13-32(18-6-7-19(28)17(10-18)11-29-2)20(14-33)23(24(16)31-22)15-4-8-21(30-12-15)35-25(26)27/h4-11,13,25,28-30H,3,12H2,1-2H3/b17-11-,28-19?. The predicted molar refractivity (Wildman–Crippen MR) is 127 cm³/mol. The third-order valence-electron chi connectivity index (χ3n) is 5.31. The third kappa shape index (κ3) is 4.92. The summed E-state index contributed by atoms with van der Waals surface area (Å²) in [6.07, 6.45) is 11.6. The molecule has 3 heterocycles. The Balaban J connectivity index is 1.90. The summed E-state index contributed by atoms with van der Waals surface area (Å²) in [6, 6.07) is 3.57. The van der Waals surface area contributed by atoms with Crippen LogP contribution in [0.25, 0.3) is 11.8 Å². The molecule has 0 saturated heterocycles. The number of alkyl halides is 2. The van der Waals surface area contributed by atoms with Crippen molar-refractivity contribution in [2.24, 2.45) is 0 Å². The van der Waals surface area contributed by atoms with Crippen LogP contribution in [0.5, 0.6) is 5.88 Å². The molecule has 180 valence electrons. The number of hydrogen-bond donors (Lipinski definition) is 3. The summed E-state index contributed by atoms with van der Waals surface area (Å²) in [5.41, 5.74) is 2.89. The largest absolute Gasteiger partial charge is 0.478 e. The van der Waals surface area contributed by atoms with Crippen molar-refractivity contribution in [1.82, 2.24) is 20.5 Å². The Hall–Kier alpha value is -4.43. The van der Waals surface area contributed by atoms with Gasteiger partial charge >= 0.3 is 6.61 Å². The summed E-state index contributed by atoms with van der Waals surface area (Å²) in [5, 5.41) is 15.1. The number of fused-ring (bicyclic) bond motifs is 1. The Morgan fingerprint density at radius 3 is 2.83 bits per heavy atom. The number of carbonyl (C=O) groups excluding carboxylic acids is 1. The average Bonchev–Trinajstić information content (AvgIpc) is 2.85. The number of allylic oxidation sites excluding steroid dienone is 7. The van der Waals surface area contributed by atoms with Gasteiger partial charge in [0.2, 0.25) is 5.88 Å². The molecule has 4 rings (SSSR count). The molecular weight excluding hydrogens is 456 g/mol. The van der Waals surface area contributed by atoms with Crippen LogP contribution < -0.4 is 25.9 Å². The van der Waals surface area contributed by atoms with Crippen LogP contribution in [0, 0.1) is 5.41 Å². The number of dihydropyridines is 1. The normalized spacial score (nSPS) is 18.2. The molecule has 0 spiro atoms. The molecule has 0 fully saturated rings. The van der Waals surface area contributed by atoms with Gasteiger partial charge in [-0.05, 0) is 42.9 Å². The first-order valence-corrected chi connectivity index (χ1v) is 10.8. The lowest BCUT2D eigenvalue weighted by molar-refractivity contribution is -0.101. The van der Waals surface area contributed by atoms with E-state index >= 15 is 0 Å². The van der Waals surface area contributed by atoms with Gasteiger partial charge in [0, 0.05) is 54.1 Å². The number of rotatable bonds is 7. The van der Waals surface area contributed by atoms with Crippen molar-refractivity contribution in [3.05, 3.63) is 87.7 Å². The van der Waals surface area contributed by atoms with E-state index in [9.17, 15) is 13.6 Å². The van der Waals surface area contributed by atoms with Gasteiger partial charge in [0.25, 0.3) is 0 Å². The maximum absolute atomic E-state index is 12.6. The minimum absolute atomic E-state index is 0.0743. The molecule has 10 heteroatoms. The summed E-state index contributed by atoms with van der Waals surface area (Å²) >= 11 is 0. The second-order valence-electron chi connectivity index (χ2n) is 7.50. The van der Waals surface area contributed by atoms with Gasteiger partial charge in [-0.2, -0.15) is 8.78 Å². The van der Waals surface area contributed by atoms with Gasteiger partial charge < -0.3 is 30.4 Å². The fourth-order valence-corrected chi connectivity index (χ4v) is 3.83. The number of nitrogens with zero attached hydrogens (tertiary/aromatic N) is 2. The lowest BCUT2D eigenvalue weighted by Crippen LogP contribution is -2.41. The van der Waals surface area contributed by atoms with E-state index in [1.807, 2.05) is 18.9 Å². The van der Waals surface area contributed by atoms with Gasteiger partial charge in [0.05, 0.1) is 17.7 Å². The first-order chi connectivity index (χ1) is 16.9. The molecule has 1 aromatic rings. The third-order valence-corrected chi connectivity index (χ3v) is 5.31. The number of nitrogens with one attached hydrogen (secondary N) is 3. The molecule has 3 N–H and O–H groups in total. The fraction of sp³-hybridized carbons (Fsp3) is 0.200. The quantitative estimate of drug-likeness (QED) is 0.511. The van der Waals surface area contributed by atoms with Crippen LogP contribution >= 0.6 is 0 Å². The van der Waals surface area contributed by atoms with Crippen molar-refractivity contribution in [3.63, 3.8) is 0 Å². The van der Waals surface area contributed by atoms with Crippen LogP contribution in [0.3, 0.4) is 0 Å². The van der Waals surface area contributed by atoms with Crippen LogP contribution in [0.2, 0.25) is 0 Å². The van der Waals surface area contributed by atoms with Crippen molar-refractivity contribution in [3.8, 4) is 5.88 Å². The van der Waals surface area contributed by atoms with Gasteiger partial charge in [0.15, 0.2) is 11.8 Å². The van der Waals surface area contributed by atoms with Crippen molar-refractivity contribution in [2.75, 3.05) is 20.2 Å². The topological polar surface area (TPSA) is 99.6 Å². The van der Waals surface area contributed by atoms with E-state index in [0.29, 0.717) is 46.0 Å². The summed E-state index contributed by atoms with van der Waals surface area (Å²) in [4.78, 5) is 18.6. The summed E-state index contributed by atoms with van der Waals surface area (Å²) < 4.78 is 35.2. The van der Waals surface area contributed by atoms with E-state index < -0.39 is 6.61 Å². The molecular formula is C25H23F2N5O3. The summed E-state index contributed by atoms with van der Waals surface area (Å²) in [7, 11) is 1.74. The van der Waals surface area contributed by atoms with E-state index in [2.05, 4.69) is 20.4 Å².